The van der Waals surface area contributed by atoms with Crippen LogP contribution in [-0.2, 0) is 0 Å². The summed E-state index contributed by atoms with van der Waals surface area (Å²) < 4.78 is 0. The second kappa shape index (κ2) is 6.55. The van der Waals surface area contributed by atoms with Crippen LogP contribution in [-0.4, -0.2) is 0 Å². The summed E-state index contributed by atoms with van der Waals surface area (Å²) in [5.41, 5.74) is 0. The fraction of sp³-hybridized carbons (Fsp3) is 0. The zero-order valence-electron chi connectivity index (χ0n) is 13.4. The molecule has 0 radical (unpaired) electrons. The molecule has 5 rings (SSSR count). The fourth-order valence-electron chi connectivity index (χ4n) is 3.16. The zero-order valence-corrected chi connectivity index (χ0v) is 13.4. The summed E-state index contributed by atoms with van der Waals surface area (Å²) in [6.45, 7) is 0. The zero-order chi connectivity index (χ0) is 16.2. The average Bonchev–Trinajstić information content (AvgIpc) is 2.69. The second-order valence-electron chi connectivity index (χ2n) is 5.82. The summed E-state index contributed by atoms with van der Waals surface area (Å²) in [6.07, 6.45) is 0. The molecule has 0 aliphatic carbocycles. The maximum absolute atomic E-state index is 2.24. The molecule has 0 heteroatoms. The van der Waals surface area contributed by atoms with Crippen molar-refractivity contribution in [3.63, 3.8) is 0 Å². The highest BCUT2D eigenvalue weighted by Crippen LogP contribution is 2.30. The van der Waals surface area contributed by atoms with E-state index in [1.165, 1.54) is 32.3 Å². The molecule has 0 atom stereocenters. The van der Waals surface area contributed by atoms with E-state index in [-0.39, 0.29) is 0 Å². The van der Waals surface area contributed by atoms with Gasteiger partial charge in [-0.15, -0.1) is 0 Å². The van der Waals surface area contributed by atoms with Crippen molar-refractivity contribution in [1.82, 2.24) is 0 Å². The predicted molar refractivity (Wildman–Crippen MR) is 105 cm³/mol. The van der Waals surface area contributed by atoms with Crippen LogP contribution in [0.25, 0.3) is 32.3 Å². The second-order valence-corrected chi connectivity index (χ2v) is 5.82. The molecule has 5 aromatic rings. The van der Waals surface area contributed by atoms with Crippen LogP contribution in [0, 0.1) is 0 Å². The summed E-state index contributed by atoms with van der Waals surface area (Å²) in [4.78, 5) is 0. The molecule has 0 aliphatic heterocycles. The van der Waals surface area contributed by atoms with Crippen molar-refractivity contribution >= 4 is 32.3 Å². The van der Waals surface area contributed by atoms with Crippen LogP contribution >= 0.6 is 0 Å². The monoisotopic (exact) mass is 306 g/mol. The summed E-state index contributed by atoms with van der Waals surface area (Å²) in [5.74, 6) is 0. The number of fused-ring (bicyclic) bond motifs is 5. The lowest BCUT2D eigenvalue weighted by atomic mass is 9.97. The van der Waals surface area contributed by atoms with Crippen molar-refractivity contribution in [1.29, 1.82) is 0 Å². The lowest BCUT2D eigenvalue weighted by Gasteiger charge is -2.07. The summed E-state index contributed by atoms with van der Waals surface area (Å²) >= 11 is 0. The fourth-order valence-corrected chi connectivity index (χ4v) is 3.16. The average molecular weight is 306 g/mol. The van der Waals surface area contributed by atoms with Gasteiger partial charge in [0.05, 0.1) is 0 Å². The topological polar surface area (TPSA) is 0 Å². The number of hydrogen-bond acceptors (Lipinski definition) is 0. The third-order valence-corrected chi connectivity index (χ3v) is 4.32. The molecule has 0 aliphatic rings. The minimum Gasteiger partial charge on any atom is -0.0623 e. The molecule has 114 valence electrons. The molecule has 0 amide bonds. The minimum absolute atomic E-state index is 1.31. The van der Waals surface area contributed by atoms with Crippen molar-refractivity contribution < 1.29 is 0 Å². The van der Waals surface area contributed by atoms with E-state index in [2.05, 4.69) is 72.8 Å². The van der Waals surface area contributed by atoms with Crippen molar-refractivity contribution in [2.24, 2.45) is 0 Å². The van der Waals surface area contributed by atoms with E-state index < -0.39 is 0 Å². The molecule has 0 saturated carbocycles. The number of hydrogen-bond donors (Lipinski definition) is 0. The van der Waals surface area contributed by atoms with Crippen LogP contribution in [0.1, 0.15) is 0 Å². The van der Waals surface area contributed by atoms with Gasteiger partial charge < -0.3 is 0 Å². The Morgan fingerprint density at radius 2 is 0.625 bits per heavy atom. The minimum atomic E-state index is 1.31. The number of benzene rings is 5. The third-order valence-electron chi connectivity index (χ3n) is 4.32. The van der Waals surface area contributed by atoms with Gasteiger partial charge in [0.2, 0.25) is 0 Å². The normalized spacial score (nSPS) is 10.5. The van der Waals surface area contributed by atoms with E-state index in [0.29, 0.717) is 0 Å². The van der Waals surface area contributed by atoms with Crippen LogP contribution in [0.15, 0.2) is 109 Å². The van der Waals surface area contributed by atoms with E-state index in [1.807, 2.05) is 36.4 Å². The molecule has 24 heavy (non-hydrogen) atoms. The Bertz CT molecular complexity index is 990. The van der Waals surface area contributed by atoms with Crippen molar-refractivity contribution in [3.05, 3.63) is 109 Å². The third kappa shape index (κ3) is 2.75. The summed E-state index contributed by atoms with van der Waals surface area (Å²) in [6, 6.07) is 38.0. The van der Waals surface area contributed by atoms with Gasteiger partial charge in [-0.2, -0.15) is 0 Å². The molecule has 0 fully saturated rings. The molecule has 0 unspecified atom stereocenters. The molecule has 0 N–H and O–H groups in total. The molecular formula is C24H18. The molecule has 0 heterocycles. The first kappa shape index (κ1) is 14.5. The maximum Gasteiger partial charge on any atom is -0.00990 e. The first-order valence-electron chi connectivity index (χ1n) is 8.23. The van der Waals surface area contributed by atoms with Crippen LogP contribution < -0.4 is 0 Å². The Labute approximate surface area is 142 Å². The van der Waals surface area contributed by atoms with Gasteiger partial charge in [-0.3, -0.25) is 0 Å². The van der Waals surface area contributed by atoms with Gasteiger partial charge >= 0.3 is 0 Å². The Kier molecular flexibility index (Phi) is 3.95. The van der Waals surface area contributed by atoms with Gasteiger partial charge in [0.15, 0.2) is 0 Å². The van der Waals surface area contributed by atoms with Crippen LogP contribution in [0.2, 0.25) is 0 Å². The van der Waals surface area contributed by atoms with E-state index in [9.17, 15) is 0 Å². The van der Waals surface area contributed by atoms with E-state index in [0.717, 1.165) is 0 Å². The van der Waals surface area contributed by atoms with Gasteiger partial charge in [-0.25, -0.2) is 0 Å². The van der Waals surface area contributed by atoms with Gasteiger partial charge in [0.25, 0.3) is 0 Å². The summed E-state index contributed by atoms with van der Waals surface area (Å²) in [5, 5.41) is 7.96. The highest BCUT2D eigenvalue weighted by Gasteiger charge is 2.03. The first-order valence-corrected chi connectivity index (χ1v) is 8.23. The van der Waals surface area contributed by atoms with Crippen LogP contribution in [0.3, 0.4) is 0 Å². The standard InChI is InChI=1S/C18H12.C6H6/c1-3-7-15-13(5-1)9-11-18-16-8-4-2-6-14(16)10-12-17(15)18;1-2-4-6-5-3-1/h1-12H;1-6H. The van der Waals surface area contributed by atoms with E-state index in [1.54, 1.807) is 0 Å². The molecule has 5 aromatic carbocycles. The highest BCUT2D eigenvalue weighted by atomic mass is 14.1. The molecule has 0 bridgehead atoms. The van der Waals surface area contributed by atoms with Crippen LogP contribution in [0.5, 0.6) is 0 Å². The lowest BCUT2D eigenvalue weighted by Crippen LogP contribution is -1.79. The Balaban J connectivity index is 0.000000207. The van der Waals surface area contributed by atoms with Gasteiger partial charge in [0.1, 0.15) is 0 Å². The molecule has 0 saturated heterocycles. The van der Waals surface area contributed by atoms with E-state index >= 15 is 0 Å². The van der Waals surface area contributed by atoms with Gasteiger partial charge in [-0.05, 0) is 32.3 Å². The molecular weight excluding hydrogens is 288 g/mol. The first-order chi connectivity index (χ1) is 11.9. The van der Waals surface area contributed by atoms with Crippen molar-refractivity contribution in [2.75, 3.05) is 0 Å². The lowest BCUT2D eigenvalue weighted by molar-refractivity contribution is 1.72. The Hall–Kier alpha value is -3.12. The summed E-state index contributed by atoms with van der Waals surface area (Å²) in [7, 11) is 0. The van der Waals surface area contributed by atoms with Crippen molar-refractivity contribution in [3.8, 4) is 0 Å². The molecule has 0 spiro atoms. The molecule has 0 nitrogen and oxygen atoms in total. The van der Waals surface area contributed by atoms with Crippen LogP contribution in [0.4, 0.5) is 0 Å². The highest BCUT2D eigenvalue weighted by molar-refractivity contribution is 6.17. The Morgan fingerprint density at radius 3 is 1.04 bits per heavy atom. The number of rotatable bonds is 0. The maximum atomic E-state index is 2.24. The Morgan fingerprint density at radius 1 is 0.250 bits per heavy atom. The quantitative estimate of drug-likeness (QED) is 0.275. The predicted octanol–water partition coefficient (Wildman–Crippen LogP) is 6.83. The largest absolute Gasteiger partial charge is 0.0623 e. The molecule has 0 aromatic heterocycles. The van der Waals surface area contributed by atoms with Gasteiger partial charge in [-0.1, -0.05) is 109 Å². The van der Waals surface area contributed by atoms with Crippen molar-refractivity contribution in [2.45, 2.75) is 0 Å². The van der Waals surface area contributed by atoms with Gasteiger partial charge in [0, 0.05) is 0 Å². The smallest absolute Gasteiger partial charge is 0.00990 e. The van der Waals surface area contributed by atoms with E-state index in [4.69, 9.17) is 0 Å². The SMILES string of the molecule is c1ccc2c(c1)ccc1c3ccccc3ccc21.c1ccccc1.